The van der Waals surface area contributed by atoms with Crippen LogP contribution in [0.15, 0.2) is 42.6 Å². The molecule has 3 nitrogen and oxygen atoms in total. The molecule has 0 radical (unpaired) electrons. The predicted molar refractivity (Wildman–Crippen MR) is 76.1 cm³/mol. The molecule has 0 saturated carbocycles. The summed E-state index contributed by atoms with van der Waals surface area (Å²) in [6.45, 7) is 2.35. The van der Waals surface area contributed by atoms with Gasteiger partial charge in [-0.2, -0.15) is 0 Å². The van der Waals surface area contributed by atoms with Crippen LogP contribution in [-0.4, -0.2) is 10.9 Å². The molecular formula is C15H15ClN2O. The summed E-state index contributed by atoms with van der Waals surface area (Å²) in [5.41, 5.74) is 3.54. The van der Waals surface area contributed by atoms with Crippen LogP contribution in [0.4, 0.5) is 0 Å². The van der Waals surface area contributed by atoms with E-state index in [1.807, 2.05) is 31.2 Å². The molecule has 4 heteroatoms. The number of aromatic nitrogens is 1. The lowest BCUT2D eigenvalue weighted by molar-refractivity contribution is 0.0950. The van der Waals surface area contributed by atoms with Gasteiger partial charge < -0.3 is 5.32 Å². The van der Waals surface area contributed by atoms with E-state index in [-0.39, 0.29) is 5.91 Å². The lowest BCUT2D eigenvalue weighted by Crippen LogP contribution is -2.22. The largest absolute Gasteiger partial charge is 0.348 e. The molecule has 0 unspecified atom stereocenters. The number of benzene rings is 1. The number of hydrogen-bond donors (Lipinski definition) is 1. The SMILES string of the molecule is Cc1cc(C(=O)NCc2cccc(CCl)c2)ccn1. The van der Waals surface area contributed by atoms with Crippen molar-refractivity contribution in [2.75, 3.05) is 0 Å². The number of carbonyl (C=O) groups excluding carboxylic acids is 1. The number of hydrogen-bond acceptors (Lipinski definition) is 2. The second kappa shape index (κ2) is 6.34. The molecule has 19 heavy (non-hydrogen) atoms. The first-order chi connectivity index (χ1) is 9.19. The molecule has 0 aliphatic rings. The van der Waals surface area contributed by atoms with Gasteiger partial charge in [-0.15, -0.1) is 11.6 Å². The number of halogens is 1. The van der Waals surface area contributed by atoms with Crippen molar-refractivity contribution in [2.45, 2.75) is 19.3 Å². The molecule has 0 atom stereocenters. The number of nitrogens with zero attached hydrogens (tertiary/aromatic N) is 1. The lowest BCUT2D eigenvalue weighted by Gasteiger charge is -2.07. The fourth-order valence-electron chi connectivity index (χ4n) is 1.79. The number of aryl methyl sites for hydroxylation is 1. The summed E-state index contributed by atoms with van der Waals surface area (Å²) in [4.78, 5) is 16.0. The van der Waals surface area contributed by atoms with Crippen molar-refractivity contribution in [3.8, 4) is 0 Å². The molecule has 0 spiro atoms. The molecule has 1 heterocycles. The molecule has 0 aliphatic carbocycles. The first-order valence-electron chi connectivity index (χ1n) is 6.03. The van der Waals surface area contributed by atoms with Gasteiger partial charge in [0.1, 0.15) is 0 Å². The zero-order valence-electron chi connectivity index (χ0n) is 10.7. The number of alkyl halides is 1. The smallest absolute Gasteiger partial charge is 0.251 e. The van der Waals surface area contributed by atoms with Gasteiger partial charge >= 0.3 is 0 Å². The molecule has 1 N–H and O–H groups in total. The van der Waals surface area contributed by atoms with E-state index >= 15 is 0 Å². The second-order valence-corrected chi connectivity index (χ2v) is 4.59. The lowest BCUT2D eigenvalue weighted by atomic mass is 10.1. The summed E-state index contributed by atoms with van der Waals surface area (Å²) >= 11 is 5.78. The predicted octanol–water partition coefficient (Wildman–Crippen LogP) is 3.06. The zero-order valence-corrected chi connectivity index (χ0v) is 11.4. The van der Waals surface area contributed by atoms with Crippen molar-refractivity contribution >= 4 is 17.5 Å². The maximum Gasteiger partial charge on any atom is 0.251 e. The first kappa shape index (κ1) is 13.6. The van der Waals surface area contributed by atoms with Gasteiger partial charge in [-0.25, -0.2) is 0 Å². The van der Waals surface area contributed by atoms with Crippen LogP contribution in [0.5, 0.6) is 0 Å². The Labute approximate surface area is 117 Å². The number of rotatable bonds is 4. The first-order valence-corrected chi connectivity index (χ1v) is 6.57. The molecule has 1 aromatic carbocycles. The van der Waals surface area contributed by atoms with E-state index in [9.17, 15) is 4.79 Å². The molecule has 1 aromatic heterocycles. The van der Waals surface area contributed by atoms with E-state index in [4.69, 9.17) is 11.6 Å². The number of nitrogens with one attached hydrogen (secondary N) is 1. The van der Waals surface area contributed by atoms with Gasteiger partial charge in [0.25, 0.3) is 5.91 Å². The van der Waals surface area contributed by atoms with Crippen LogP contribution in [0.2, 0.25) is 0 Å². The molecule has 0 bridgehead atoms. The number of carbonyl (C=O) groups is 1. The minimum Gasteiger partial charge on any atom is -0.348 e. The summed E-state index contributed by atoms with van der Waals surface area (Å²) in [5.74, 6) is 0.382. The quantitative estimate of drug-likeness (QED) is 0.871. The third-order valence-corrected chi connectivity index (χ3v) is 3.07. The van der Waals surface area contributed by atoms with Gasteiger partial charge in [0, 0.05) is 29.9 Å². The van der Waals surface area contributed by atoms with Crippen molar-refractivity contribution in [3.63, 3.8) is 0 Å². The third kappa shape index (κ3) is 3.80. The number of amides is 1. The Morgan fingerprint density at radius 3 is 2.79 bits per heavy atom. The van der Waals surface area contributed by atoms with Crippen molar-refractivity contribution in [2.24, 2.45) is 0 Å². The van der Waals surface area contributed by atoms with Crippen LogP contribution >= 0.6 is 11.6 Å². The second-order valence-electron chi connectivity index (χ2n) is 4.32. The zero-order chi connectivity index (χ0) is 13.7. The van der Waals surface area contributed by atoms with Gasteiger partial charge in [0.05, 0.1) is 0 Å². The average molecular weight is 275 g/mol. The van der Waals surface area contributed by atoms with Crippen LogP contribution in [-0.2, 0) is 12.4 Å². The molecule has 0 fully saturated rings. The Morgan fingerprint density at radius 2 is 2.05 bits per heavy atom. The van der Waals surface area contributed by atoms with E-state index in [0.29, 0.717) is 18.0 Å². The van der Waals surface area contributed by atoms with Gasteiger partial charge in [-0.1, -0.05) is 24.3 Å². The summed E-state index contributed by atoms with van der Waals surface area (Å²) in [6, 6.07) is 11.3. The van der Waals surface area contributed by atoms with Gasteiger partial charge in [-0.3, -0.25) is 9.78 Å². The maximum absolute atomic E-state index is 12.0. The Hall–Kier alpha value is -1.87. The topological polar surface area (TPSA) is 42.0 Å². The highest BCUT2D eigenvalue weighted by atomic mass is 35.5. The molecule has 2 rings (SSSR count). The summed E-state index contributed by atoms with van der Waals surface area (Å²) in [7, 11) is 0. The third-order valence-electron chi connectivity index (χ3n) is 2.76. The Morgan fingerprint density at radius 1 is 1.26 bits per heavy atom. The van der Waals surface area contributed by atoms with Crippen LogP contribution in [0, 0.1) is 6.92 Å². The maximum atomic E-state index is 12.0. The Kier molecular flexibility index (Phi) is 4.53. The average Bonchev–Trinajstić information content (AvgIpc) is 2.45. The van der Waals surface area contributed by atoms with Crippen LogP contribution in [0.1, 0.15) is 27.2 Å². The van der Waals surface area contributed by atoms with E-state index in [0.717, 1.165) is 16.8 Å². The summed E-state index contributed by atoms with van der Waals surface area (Å²) in [6.07, 6.45) is 1.64. The monoisotopic (exact) mass is 274 g/mol. The van der Waals surface area contributed by atoms with Crippen molar-refractivity contribution in [3.05, 3.63) is 65.0 Å². The Bertz CT molecular complexity index is 584. The molecule has 98 valence electrons. The van der Waals surface area contributed by atoms with Gasteiger partial charge in [0.2, 0.25) is 0 Å². The van der Waals surface area contributed by atoms with Crippen LogP contribution in [0.3, 0.4) is 0 Å². The standard InChI is InChI=1S/C15H15ClN2O/c1-11-7-14(5-6-17-11)15(19)18-10-13-4-2-3-12(8-13)9-16/h2-8H,9-10H2,1H3,(H,18,19). The van der Waals surface area contributed by atoms with Gasteiger partial charge in [-0.05, 0) is 30.2 Å². The van der Waals surface area contributed by atoms with Crippen LogP contribution in [0.25, 0.3) is 0 Å². The van der Waals surface area contributed by atoms with Crippen molar-refractivity contribution in [1.29, 1.82) is 0 Å². The Balaban J connectivity index is 2.00. The molecule has 0 saturated heterocycles. The van der Waals surface area contributed by atoms with E-state index < -0.39 is 0 Å². The molecule has 1 amide bonds. The highest BCUT2D eigenvalue weighted by Crippen LogP contribution is 2.08. The van der Waals surface area contributed by atoms with Crippen LogP contribution < -0.4 is 5.32 Å². The van der Waals surface area contributed by atoms with E-state index in [1.165, 1.54) is 0 Å². The highest BCUT2D eigenvalue weighted by molar-refractivity contribution is 6.17. The van der Waals surface area contributed by atoms with Crippen molar-refractivity contribution in [1.82, 2.24) is 10.3 Å². The normalized spacial score (nSPS) is 10.2. The number of pyridine rings is 1. The van der Waals surface area contributed by atoms with E-state index in [1.54, 1.807) is 18.3 Å². The summed E-state index contributed by atoms with van der Waals surface area (Å²) in [5, 5.41) is 2.88. The van der Waals surface area contributed by atoms with Gasteiger partial charge in [0.15, 0.2) is 0 Å². The minimum atomic E-state index is -0.0956. The molecular weight excluding hydrogens is 260 g/mol. The fraction of sp³-hybridized carbons (Fsp3) is 0.200. The minimum absolute atomic E-state index is 0.0956. The van der Waals surface area contributed by atoms with Crippen molar-refractivity contribution < 1.29 is 4.79 Å². The molecule has 2 aromatic rings. The fourth-order valence-corrected chi connectivity index (χ4v) is 1.96. The summed E-state index contributed by atoms with van der Waals surface area (Å²) < 4.78 is 0. The van der Waals surface area contributed by atoms with E-state index in [2.05, 4.69) is 10.3 Å². The highest BCUT2D eigenvalue weighted by Gasteiger charge is 2.05. The molecule has 0 aliphatic heterocycles.